The Kier molecular flexibility index (Phi) is 5.06. The lowest BCUT2D eigenvalue weighted by Crippen LogP contribution is -2.60. The first-order valence-corrected chi connectivity index (χ1v) is 8.12. The van der Waals surface area contributed by atoms with Crippen LogP contribution in [-0.2, 0) is 10.3 Å². The molecule has 0 spiro atoms. The van der Waals surface area contributed by atoms with Crippen LogP contribution in [0.1, 0.15) is 6.42 Å². The smallest absolute Gasteiger partial charge is 0.475 e. The number of rotatable bonds is 3. The van der Waals surface area contributed by atoms with Crippen molar-refractivity contribution in [2.45, 2.75) is 18.1 Å². The fraction of sp³-hybridized carbons (Fsp3) is 0.294. The summed E-state index contributed by atoms with van der Waals surface area (Å²) in [5, 5.41) is 25.0. The Morgan fingerprint density at radius 2 is 2.11 bits per heavy atom. The molecular weight excluding hydrogens is 377 g/mol. The molecule has 0 aliphatic carbocycles. The zero-order valence-corrected chi connectivity index (χ0v) is 14.4. The van der Waals surface area contributed by atoms with E-state index in [-0.39, 0.29) is 5.54 Å². The van der Waals surface area contributed by atoms with Crippen molar-refractivity contribution in [3.05, 3.63) is 36.9 Å². The Bertz CT molecular complexity index is 1030. The largest absolute Gasteiger partial charge is 0.490 e. The molecule has 0 atom stereocenters. The van der Waals surface area contributed by atoms with Crippen molar-refractivity contribution in [3.63, 3.8) is 0 Å². The minimum atomic E-state index is -5.08. The third kappa shape index (κ3) is 3.67. The van der Waals surface area contributed by atoms with Crippen LogP contribution in [0.2, 0.25) is 0 Å². The summed E-state index contributed by atoms with van der Waals surface area (Å²) in [7, 11) is 0. The third-order valence-electron chi connectivity index (χ3n) is 4.40. The van der Waals surface area contributed by atoms with E-state index < -0.39 is 12.1 Å². The van der Waals surface area contributed by atoms with E-state index in [0.29, 0.717) is 6.42 Å². The van der Waals surface area contributed by atoms with Crippen LogP contribution in [0, 0.1) is 11.3 Å². The first-order valence-electron chi connectivity index (χ1n) is 8.12. The molecule has 0 bridgehead atoms. The second-order valence-electron chi connectivity index (χ2n) is 6.24. The molecule has 3 aromatic rings. The van der Waals surface area contributed by atoms with E-state index in [2.05, 4.69) is 26.5 Å². The lowest BCUT2D eigenvalue weighted by atomic mass is 9.89. The summed E-state index contributed by atoms with van der Waals surface area (Å²) in [6.45, 7) is 1.58. The van der Waals surface area contributed by atoms with Crippen molar-refractivity contribution in [2.75, 3.05) is 13.1 Å². The summed E-state index contributed by atoms with van der Waals surface area (Å²) in [5.74, 6) is -2.76. The SMILES string of the molecule is N#CCC1(n2cc(-c3ccnc4[nH]ccc34)cn2)CNC1.O=C(O)C(F)(F)F. The first kappa shape index (κ1) is 19.4. The molecule has 4 heterocycles. The number of aliphatic carboxylic acids is 1. The second kappa shape index (κ2) is 7.32. The number of aromatic nitrogens is 4. The number of carbonyl (C=O) groups is 1. The molecule has 1 aliphatic heterocycles. The fourth-order valence-electron chi connectivity index (χ4n) is 2.86. The number of carboxylic acids is 1. The first-order chi connectivity index (χ1) is 13.3. The Labute approximate surface area is 156 Å². The summed E-state index contributed by atoms with van der Waals surface area (Å²) < 4.78 is 33.7. The number of aromatic amines is 1. The van der Waals surface area contributed by atoms with Gasteiger partial charge in [-0.2, -0.15) is 23.5 Å². The lowest BCUT2D eigenvalue weighted by Gasteiger charge is -2.41. The molecule has 1 fully saturated rings. The van der Waals surface area contributed by atoms with Crippen LogP contribution in [-0.4, -0.2) is 50.1 Å². The van der Waals surface area contributed by atoms with Crippen molar-refractivity contribution in [1.29, 1.82) is 5.26 Å². The highest BCUT2D eigenvalue weighted by molar-refractivity contribution is 5.92. The van der Waals surface area contributed by atoms with E-state index in [0.717, 1.165) is 35.2 Å². The molecule has 8 nitrogen and oxygen atoms in total. The van der Waals surface area contributed by atoms with Crippen molar-refractivity contribution < 1.29 is 23.1 Å². The number of hydrogen-bond acceptors (Lipinski definition) is 5. The molecule has 146 valence electrons. The summed E-state index contributed by atoms with van der Waals surface area (Å²) in [6.07, 6.45) is 2.95. The predicted molar refractivity (Wildman–Crippen MR) is 92.1 cm³/mol. The van der Waals surface area contributed by atoms with Gasteiger partial charge in [-0.3, -0.25) is 4.68 Å². The van der Waals surface area contributed by atoms with Gasteiger partial charge in [-0.1, -0.05) is 0 Å². The molecule has 0 unspecified atom stereocenters. The molecule has 0 aromatic carbocycles. The van der Waals surface area contributed by atoms with Crippen LogP contribution in [0.4, 0.5) is 13.2 Å². The number of alkyl halides is 3. The molecule has 28 heavy (non-hydrogen) atoms. The number of nitrogens with zero attached hydrogens (tertiary/aromatic N) is 4. The topological polar surface area (TPSA) is 120 Å². The molecule has 0 saturated carbocycles. The van der Waals surface area contributed by atoms with E-state index in [4.69, 9.17) is 15.2 Å². The van der Waals surface area contributed by atoms with E-state index in [1.54, 1.807) is 6.20 Å². The Morgan fingerprint density at radius 3 is 2.68 bits per heavy atom. The highest BCUT2D eigenvalue weighted by Gasteiger charge is 2.39. The fourth-order valence-corrected chi connectivity index (χ4v) is 2.86. The Morgan fingerprint density at radius 1 is 1.39 bits per heavy atom. The number of fused-ring (bicyclic) bond motifs is 1. The zero-order valence-electron chi connectivity index (χ0n) is 14.4. The summed E-state index contributed by atoms with van der Waals surface area (Å²) >= 11 is 0. The summed E-state index contributed by atoms with van der Waals surface area (Å²) in [6, 6.07) is 6.28. The molecule has 1 aliphatic rings. The average Bonchev–Trinajstić information content (AvgIpc) is 3.27. The van der Waals surface area contributed by atoms with Gasteiger partial charge in [0.25, 0.3) is 0 Å². The van der Waals surface area contributed by atoms with Crippen molar-refractivity contribution >= 4 is 17.0 Å². The van der Waals surface area contributed by atoms with E-state index in [9.17, 15) is 13.2 Å². The Hall–Kier alpha value is -3.39. The summed E-state index contributed by atoms with van der Waals surface area (Å²) in [4.78, 5) is 16.3. The maximum atomic E-state index is 10.6. The number of halogens is 3. The third-order valence-corrected chi connectivity index (χ3v) is 4.40. The standard InChI is InChI=1S/C15H14N6.C2HF3O2/c16-4-3-15(9-17-10-15)21-8-11(7-20-21)12-1-5-18-14-13(12)2-6-19-14;3-2(4,5)1(6)7/h1-2,5-8,17H,3,9-10H2,(H,18,19);(H,6,7). The molecule has 0 amide bonds. The van der Waals surface area contributed by atoms with Crippen LogP contribution < -0.4 is 5.32 Å². The van der Waals surface area contributed by atoms with Crippen LogP contribution in [0.25, 0.3) is 22.2 Å². The molecule has 0 radical (unpaired) electrons. The van der Waals surface area contributed by atoms with E-state index >= 15 is 0 Å². The highest BCUT2D eigenvalue weighted by atomic mass is 19.4. The number of pyridine rings is 1. The molecule has 3 aromatic heterocycles. The van der Waals surface area contributed by atoms with Crippen LogP contribution >= 0.6 is 0 Å². The molecule has 11 heteroatoms. The second-order valence-corrected chi connectivity index (χ2v) is 6.24. The minimum Gasteiger partial charge on any atom is -0.475 e. The van der Waals surface area contributed by atoms with Gasteiger partial charge in [0.2, 0.25) is 0 Å². The van der Waals surface area contributed by atoms with Crippen molar-refractivity contribution in [1.82, 2.24) is 25.1 Å². The minimum absolute atomic E-state index is 0.197. The molecular formula is C17H15F3N6O2. The average molecular weight is 392 g/mol. The molecule has 1 saturated heterocycles. The van der Waals surface area contributed by atoms with Gasteiger partial charge in [-0.15, -0.1) is 0 Å². The van der Waals surface area contributed by atoms with E-state index in [1.165, 1.54) is 0 Å². The van der Waals surface area contributed by atoms with Crippen LogP contribution in [0.5, 0.6) is 0 Å². The number of nitriles is 1. The monoisotopic (exact) mass is 392 g/mol. The maximum Gasteiger partial charge on any atom is 0.490 e. The zero-order chi connectivity index (χ0) is 20.4. The van der Waals surface area contributed by atoms with Crippen LogP contribution in [0.3, 0.4) is 0 Å². The number of hydrogen-bond donors (Lipinski definition) is 3. The van der Waals surface area contributed by atoms with Crippen LogP contribution in [0.15, 0.2) is 36.9 Å². The highest BCUT2D eigenvalue weighted by Crippen LogP contribution is 2.30. The summed E-state index contributed by atoms with van der Waals surface area (Å²) in [5.41, 5.74) is 2.83. The normalized spacial score (nSPS) is 15.2. The molecule has 3 N–H and O–H groups in total. The number of H-pyrrole nitrogens is 1. The van der Waals surface area contributed by atoms with Gasteiger partial charge in [0.15, 0.2) is 0 Å². The quantitative estimate of drug-likeness (QED) is 0.629. The van der Waals surface area contributed by atoms with Gasteiger partial charge in [0.1, 0.15) is 11.2 Å². The number of carboxylic acid groups (broad SMARTS) is 1. The number of nitrogens with one attached hydrogen (secondary N) is 2. The van der Waals surface area contributed by atoms with Gasteiger partial charge in [-0.25, -0.2) is 9.78 Å². The van der Waals surface area contributed by atoms with Crippen molar-refractivity contribution in [2.24, 2.45) is 0 Å². The van der Waals surface area contributed by atoms with Gasteiger partial charge in [0.05, 0.1) is 18.7 Å². The van der Waals surface area contributed by atoms with Gasteiger partial charge < -0.3 is 15.4 Å². The molecule has 4 rings (SSSR count). The Balaban J connectivity index is 0.000000279. The van der Waals surface area contributed by atoms with Gasteiger partial charge in [-0.05, 0) is 17.7 Å². The van der Waals surface area contributed by atoms with Crippen molar-refractivity contribution in [3.8, 4) is 17.2 Å². The van der Waals surface area contributed by atoms with Gasteiger partial charge >= 0.3 is 12.1 Å². The lowest BCUT2D eigenvalue weighted by molar-refractivity contribution is -0.192. The maximum absolute atomic E-state index is 10.6. The van der Waals surface area contributed by atoms with E-state index in [1.807, 2.05) is 35.4 Å². The predicted octanol–water partition coefficient (Wildman–Crippen LogP) is 2.27. The van der Waals surface area contributed by atoms with Gasteiger partial charge in [0, 0.05) is 42.6 Å².